The number of methoxy groups -OCH3 is 1. The van der Waals surface area contributed by atoms with E-state index < -0.39 is 5.97 Å². The number of benzene rings is 1. The summed E-state index contributed by atoms with van der Waals surface area (Å²) < 4.78 is 4.55. The molecule has 0 spiro atoms. The minimum absolute atomic E-state index is 0.143. The molecule has 0 aliphatic heterocycles. The van der Waals surface area contributed by atoms with Crippen LogP contribution < -0.4 is 0 Å². The van der Waals surface area contributed by atoms with E-state index >= 15 is 0 Å². The molecule has 5 heteroatoms. The molecule has 0 saturated carbocycles. The molecule has 1 N–H and O–H groups in total. The molecule has 0 bridgehead atoms. The minimum atomic E-state index is -0.521. The van der Waals surface area contributed by atoms with Gasteiger partial charge in [-0.15, -0.1) is 0 Å². The summed E-state index contributed by atoms with van der Waals surface area (Å²) >= 11 is 0. The number of carbonyl (C=O) groups excluding carboxylic acids is 1. The lowest BCUT2D eigenvalue weighted by molar-refractivity contribution is 0.0588. The smallest absolute Gasteiger partial charge is 0.374 e. The van der Waals surface area contributed by atoms with Crippen LogP contribution in [0.25, 0.3) is 11.3 Å². The lowest BCUT2D eigenvalue weighted by Crippen LogP contribution is -2.03. The summed E-state index contributed by atoms with van der Waals surface area (Å²) in [5.41, 5.74) is 2.02. The average Bonchev–Trinajstić information content (AvgIpc) is 2.87. The second kappa shape index (κ2) is 4.49. The van der Waals surface area contributed by atoms with Crippen molar-refractivity contribution in [2.24, 2.45) is 0 Å². The Kier molecular flexibility index (Phi) is 2.88. The zero-order chi connectivity index (χ0) is 12.3. The number of esters is 1. The molecule has 0 atom stereocenters. The molecule has 17 heavy (non-hydrogen) atoms. The molecule has 0 radical (unpaired) electrons. The van der Waals surface area contributed by atoms with Gasteiger partial charge in [-0.1, -0.05) is 12.1 Å². The highest BCUT2D eigenvalue weighted by atomic mass is 16.5. The summed E-state index contributed by atoms with van der Waals surface area (Å²) in [5.74, 6) is -0.377. The quantitative estimate of drug-likeness (QED) is 0.792. The van der Waals surface area contributed by atoms with Crippen molar-refractivity contribution in [3.05, 3.63) is 41.9 Å². The van der Waals surface area contributed by atoms with E-state index in [4.69, 9.17) is 5.26 Å². The van der Waals surface area contributed by atoms with Gasteiger partial charge in [0.15, 0.2) is 0 Å². The maximum atomic E-state index is 11.2. The van der Waals surface area contributed by atoms with Crippen molar-refractivity contribution >= 4 is 5.97 Å². The maximum absolute atomic E-state index is 11.2. The SMILES string of the molecule is COC(=O)c1ncc(-c2cccc(C#N)c2)[nH]1. The number of nitrogens with one attached hydrogen (secondary N) is 1. The first kappa shape index (κ1) is 10.9. The van der Waals surface area contributed by atoms with Crippen LogP contribution >= 0.6 is 0 Å². The molecule has 2 rings (SSSR count). The van der Waals surface area contributed by atoms with E-state index in [2.05, 4.69) is 20.8 Å². The second-order valence-electron chi connectivity index (χ2n) is 3.33. The molecule has 0 aliphatic rings. The van der Waals surface area contributed by atoms with Gasteiger partial charge in [0.25, 0.3) is 0 Å². The second-order valence-corrected chi connectivity index (χ2v) is 3.33. The molecule has 0 saturated heterocycles. The topological polar surface area (TPSA) is 78.8 Å². The van der Waals surface area contributed by atoms with Gasteiger partial charge in [-0.25, -0.2) is 9.78 Å². The molecule has 0 aliphatic carbocycles. The Bertz CT molecular complexity index is 596. The number of ether oxygens (including phenoxy) is 1. The highest BCUT2D eigenvalue weighted by Crippen LogP contribution is 2.18. The van der Waals surface area contributed by atoms with E-state index in [1.807, 2.05) is 6.07 Å². The number of hydrogen-bond donors (Lipinski definition) is 1. The summed E-state index contributed by atoms with van der Waals surface area (Å²) in [6.45, 7) is 0. The fourth-order valence-corrected chi connectivity index (χ4v) is 1.42. The third-order valence-corrected chi connectivity index (χ3v) is 2.26. The summed E-state index contributed by atoms with van der Waals surface area (Å²) in [5, 5.41) is 8.79. The minimum Gasteiger partial charge on any atom is -0.463 e. The Labute approximate surface area is 97.7 Å². The Morgan fingerprint density at radius 2 is 2.35 bits per heavy atom. The van der Waals surface area contributed by atoms with Gasteiger partial charge in [0.1, 0.15) is 0 Å². The Morgan fingerprint density at radius 1 is 1.53 bits per heavy atom. The number of H-pyrrole nitrogens is 1. The van der Waals surface area contributed by atoms with Crippen molar-refractivity contribution in [3.63, 3.8) is 0 Å². The third-order valence-electron chi connectivity index (χ3n) is 2.26. The molecule has 1 heterocycles. The molecular weight excluding hydrogens is 218 g/mol. The predicted molar refractivity (Wildman–Crippen MR) is 60.1 cm³/mol. The molecule has 1 aromatic carbocycles. The van der Waals surface area contributed by atoms with Gasteiger partial charge >= 0.3 is 5.97 Å². The normalized spacial score (nSPS) is 9.65. The van der Waals surface area contributed by atoms with Crippen molar-refractivity contribution in [2.45, 2.75) is 0 Å². The van der Waals surface area contributed by atoms with Crippen LogP contribution in [0, 0.1) is 11.3 Å². The summed E-state index contributed by atoms with van der Waals surface area (Å²) in [6, 6.07) is 9.08. The number of rotatable bonds is 2. The average molecular weight is 227 g/mol. The number of nitriles is 1. The number of aromatic amines is 1. The summed E-state index contributed by atoms with van der Waals surface area (Å²) in [7, 11) is 1.29. The zero-order valence-corrected chi connectivity index (χ0v) is 9.10. The van der Waals surface area contributed by atoms with Crippen LogP contribution in [0.15, 0.2) is 30.5 Å². The van der Waals surface area contributed by atoms with Gasteiger partial charge in [-0.2, -0.15) is 5.26 Å². The van der Waals surface area contributed by atoms with Crippen LogP contribution in [-0.2, 0) is 4.74 Å². The Hall–Kier alpha value is -2.61. The van der Waals surface area contributed by atoms with Crippen LogP contribution in [0.4, 0.5) is 0 Å². The number of carbonyl (C=O) groups is 1. The highest BCUT2D eigenvalue weighted by molar-refractivity contribution is 5.86. The first-order chi connectivity index (χ1) is 8.24. The molecule has 0 amide bonds. The summed E-state index contributed by atoms with van der Waals surface area (Å²) in [6.07, 6.45) is 1.53. The number of aromatic nitrogens is 2. The van der Waals surface area contributed by atoms with E-state index in [9.17, 15) is 4.79 Å². The van der Waals surface area contributed by atoms with Crippen LogP contribution in [0.1, 0.15) is 16.2 Å². The standard InChI is InChI=1S/C12H9N3O2/c1-17-12(16)11-14-7-10(15-11)9-4-2-3-8(5-9)6-13/h2-5,7H,1H3,(H,14,15). The van der Waals surface area contributed by atoms with Gasteiger partial charge in [0.05, 0.1) is 30.6 Å². The van der Waals surface area contributed by atoms with Crippen molar-refractivity contribution in [3.8, 4) is 17.3 Å². The zero-order valence-electron chi connectivity index (χ0n) is 9.10. The molecule has 0 fully saturated rings. The first-order valence-corrected chi connectivity index (χ1v) is 4.88. The molecular formula is C12H9N3O2. The monoisotopic (exact) mass is 227 g/mol. The third kappa shape index (κ3) is 2.16. The molecule has 1 aromatic heterocycles. The van der Waals surface area contributed by atoms with Gasteiger partial charge in [-0.05, 0) is 12.1 Å². The molecule has 5 nitrogen and oxygen atoms in total. The van der Waals surface area contributed by atoms with Crippen LogP contribution in [-0.4, -0.2) is 23.0 Å². The van der Waals surface area contributed by atoms with E-state index in [1.54, 1.807) is 18.2 Å². The lowest BCUT2D eigenvalue weighted by atomic mass is 10.1. The Balaban J connectivity index is 2.37. The fourth-order valence-electron chi connectivity index (χ4n) is 1.42. The summed E-state index contributed by atoms with van der Waals surface area (Å²) in [4.78, 5) is 18.0. The van der Waals surface area contributed by atoms with Crippen molar-refractivity contribution in [1.29, 1.82) is 5.26 Å². The van der Waals surface area contributed by atoms with Crippen LogP contribution in [0.2, 0.25) is 0 Å². The molecule has 0 unspecified atom stereocenters. The first-order valence-electron chi connectivity index (χ1n) is 4.88. The lowest BCUT2D eigenvalue weighted by Gasteiger charge is -1.97. The number of nitrogens with zero attached hydrogens (tertiary/aromatic N) is 2. The number of hydrogen-bond acceptors (Lipinski definition) is 4. The van der Waals surface area contributed by atoms with Crippen molar-refractivity contribution in [2.75, 3.05) is 7.11 Å². The molecule has 2 aromatic rings. The van der Waals surface area contributed by atoms with E-state index in [0.29, 0.717) is 11.3 Å². The van der Waals surface area contributed by atoms with Crippen molar-refractivity contribution < 1.29 is 9.53 Å². The fraction of sp³-hybridized carbons (Fsp3) is 0.0833. The Morgan fingerprint density at radius 3 is 3.06 bits per heavy atom. The highest BCUT2D eigenvalue weighted by Gasteiger charge is 2.10. The van der Waals surface area contributed by atoms with Gasteiger partial charge in [-0.3, -0.25) is 0 Å². The van der Waals surface area contributed by atoms with Crippen LogP contribution in [0.3, 0.4) is 0 Å². The predicted octanol–water partition coefficient (Wildman–Crippen LogP) is 1.73. The van der Waals surface area contributed by atoms with E-state index in [-0.39, 0.29) is 5.82 Å². The number of imidazole rings is 1. The van der Waals surface area contributed by atoms with Gasteiger partial charge in [0, 0.05) is 5.56 Å². The van der Waals surface area contributed by atoms with Gasteiger partial charge in [0.2, 0.25) is 5.82 Å². The molecule has 84 valence electrons. The van der Waals surface area contributed by atoms with Crippen molar-refractivity contribution in [1.82, 2.24) is 9.97 Å². The maximum Gasteiger partial charge on any atom is 0.374 e. The van der Waals surface area contributed by atoms with Crippen LogP contribution in [0.5, 0.6) is 0 Å². The van der Waals surface area contributed by atoms with E-state index in [1.165, 1.54) is 13.3 Å². The van der Waals surface area contributed by atoms with Gasteiger partial charge < -0.3 is 9.72 Å². The van der Waals surface area contributed by atoms with E-state index in [0.717, 1.165) is 5.56 Å². The largest absolute Gasteiger partial charge is 0.463 e.